The third-order valence-corrected chi connectivity index (χ3v) is 3.80. The van der Waals surface area contributed by atoms with Gasteiger partial charge in [0.1, 0.15) is 11.6 Å². The Morgan fingerprint density at radius 2 is 2.14 bits per heavy atom. The summed E-state index contributed by atoms with van der Waals surface area (Å²) in [5, 5.41) is 2.80. The van der Waals surface area contributed by atoms with Crippen LogP contribution in [0.1, 0.15) is 30.1 Å². The topological polar surface area (TPSA) is 41.6 Å². The van der Waals surface area contributed by atoms with Crippen LogP contribution >= 0.6 is 0 Å². The lowest BCUT2D eigenvalue weighted by molar-refractivity contribution is 0.0941. The van der Waals surface area contributed by atoms with Crippen LogP contribution in [0.25, 0.3) is 0 Å². The Balaban J connectivity index is 1.83. The number of carbonyl (C=O) groups is 1. The standard InChI is InChI=1S/C16H23FN2O2/c1-12(11-19-7-3-4-8-19)10-18-16(20)14-6-5-13(21-2)9-15(14)17/h5-6,9,12H,3-4,7-8,10-11H2,1-2H3,(H,18,20). The molecular formula is C16H23FN2O2. The maximum atomic E-state index is 13.8. The first-order chi connectivity index (χ1) is 10.1. The van der Waals surface area contributed by atoms with Gasteiger partial charge in [0.05, 0.1) is 12.7 Å². The molecular weight excluding hydrogens is 271 g/mol. The van der Waals surface area contributed by atoms with Crippen LogP contribution in [0.2, 0.25) is 0 Å². The third kappa shape index (κ3) is 4.43. The predicted octanol–water partition coefficient (Wildman–Crippen LogP) is 2.30. The van der Waals surface area contributed by atoms with Gasteiger partial charge in [0.15, 0.2) is 0 Å². The number of carbonyl (C=O) groups excluding carboxylic acids is 1. The minimum absolute atomic E-state index is 0.0594. The number of likely N-dealkylation sites (tertiary alicyclic amines) is 1. The molecule has 2 rings (SSSR count). The fourth-order valence-electron chi connectivity index (χ4n) is 2.64. The minimum Gasteiger partial charge on any atom is -0.497 e. The molecule has 1 aliphatic rings. The van der Waals surface area contributed by atoms with Crippen LogP contribution in [-0.2, 0) is 0 Å². The third-order valence-electron chi connectivity index (χ3n) is 3.80. The van der Waals surface area contributed by atoms with Crippen molar-refractivity contribution in [3.8, 4) is 5.75 Å². The number of halogens is 1. The maximum absolute atomic E-state index is 13.8. The fourth-order valence-corrected chi connectivity index (χ4v) is 2.64. The lowest BCUT2D eigenvalue weighted by atomic mass is 10.1. The van der Waals surface area contributed by atoms with Gasteiger partial charge in [-0.2, -0.15) is 0 Å². The van der Waals surface area contributed by atoms with Crippen molar-refractivity contribution in [1.82, 2.24) is 10.2 Å². The summed E-state index contributed by atoms with van der Waals surface area (Å²) in [4.78, 5) is 14.4. The highest BCUT2D eigenvalue weighted by atomic mass is 19.1. The summed E-state index contributed by atoms with van der Waals surface area (Å²) in [5.74, 6) is -0.165. The highest BCUT2D eigenvalue weighted by Crippen LogP contribution is 2.16. The predicted molar refractivity (Wildman–Crippen MR) is 80.1 cm³/mol. The molecule has 1 aromatic rings. The largest absolute Gasteiger partial charge is 0.497 e. The molecule has 1 amide bonds. The number of benzene rings is 1. The SMILES string of the molecule is COc1ccc(C(=O)NCC(C)CN2CCCC2)c(F)c1. The van der Waals surface area contributed by atoms with Crippen LogP contribution in [0.5, 0.6) is 5.75 Å². The molecule has 1 aromatic carbocycles. The zero-order valence-corrected chi connectivity index (χ0v) is 12.7. The van der Waals surface area contributed by atoms with E-state index in [-0.39, 0.29) is 11.5 Å². The minimum atomic E-state index is -0.556. The molecule has 1 aliphatic heterocycles. The highest BCUT2D eigenvalue weighted by Gasteiger charge is 2.17. The molecule has 0 bridgehead atoms. The second kappa shape index (κ2) is 7.41. The van der Waals surface area contributed by atoms with Crippen LogP contribution in [-0.4, -0.2) is 44.1 Å². The Morgan fingerprint density at radius 1 is 1.43 bits per heavy atom. The zero-order chi connectivity index (χ0) is 15.2. The van der Waals surface area contributed by atoms with Gasteiger partial charge in [-0.15, -0.1) is 0 Å². The van der Waals surface area contributed by atoms with E-state index in [0.717, 1.165) is 19.6 Å². The molecule has 1 fully saturated rings. The number of hydrogen-bond donors (Lipinski definition) is 1. The van der Waals surface area contributed by atoms with E-state index < -0.39 is 5.82 Å². The molecule has 4 nitrogen and oxygen atoms in total. The van der Waals surface area contributed by atoms with Crippen molar-refractivity contribution < 1.29 is 13.9 Å². The number of rotatable bonds is 6. The van der Waals surface area contributed by atoms with Crippen LogP contribution in [0.3, 0.4) is 0 Å². The van der Waals surface area contributed by atoms with Crippen LogP contribution in [0.4, 0.5) is 4.39 Å². The van der Waals surface area contributed by atoms with E-state index in [1.165, 1.54) is 32.1 Å². The van der Waals surface area contributed by atoms with Gasteiger partial charge in [-0.25, -0.2) is 4.39 Å². The normalized spacial score (nSPS) is 16.7. The average Bonchev–Trinajstić information content (AvgIpc) is 2.97. The van der Waals surface area contributed by atoms with E-state index in [4.69, 9.17) is 4.74 Å². The number of methoxy groups -OCH3 is 1. The first-order valence-electron chi connectivity index (χ1n) is 7.44. The summed E-state index contributed by atoms with van der Waals surface area (Å²) >= 11 is 0. The molecule has 0 aliphatic carbocycles. The van der Waals surface area contributed by atoms with Crippen molar-refractivity contribution >= 4 is 5.91 Å². The van der Waals surface area contributed by atoms with E-state index in [9.17, 15) is 9.18 Å². The Morgan fingerprint density at radius 3 is 2.76 bits per heavy atom. The quantitative estimate of drug-likeness (QED) is 0.875. The second-order valence-corrected chi connectivity index (χ2v) is 5.67. The van der Waals surface area contributed by atoms with Crippen molar-refractivity contribution in [1.29, 1.82) is 0 Å². The average molecular weight is 294 g/mol. The zero-order valence-electron chi connectivity index (χ0n) is 12.7. The Hall–Kier alpha value is -1.62. The van der Waals surface area contributed by atoms with Gasteiger partial charge in [-0.05, 0) is 44.0 Å². The summed E-state index contributed by atoms with van der Waals surface area (Å²) in [6.07, 6.45) is 2.52. The number of nitrogens with one attached hydrogen (secondary N) is 1. The van der Waals surface area contributed by atoms with E-state index in [1.54, 1.807) is 6.07 Å². The van der Waals surface area contributed by atoms with Crippen molar-refractivity contribution in [3.63, 3.8) is 0 Å². The summed E-state index contributed by atoms with van der Waals surface area (Å²) < 4.78 is 18.7. The molecule has 0 spiro atoms. The summed E-state index contributed by atoms with van der Waals surface area (Å²) in [5.41, 5.74) is 0.0594. The lowest BCUT2D eigenvalue weighted by Crippen LogP contribution is -2.34. The molecule has 116 valence electrons. The van der Waals surface area contributed by atoms with Gasteiger partial charge in [0.2, 0.25) is 0 Å². The molecule has 1 atom stereocenters. The molecule has 0 saturated carbocycles. The second-order valence-electron chi connectivity index (χ2n) is 5.67. The van der Waals surface area contributed by atoms with Gasteiger partial charge in [0.25, 0.3) is 5.91 Å². The van der Waals surface area contributed by atoms with E-state index >= 15 is 0 Å². The monoisotopic (exact) mass is 294 g/mol. The van der Waals surface area contributed by atoms with Gasteiger partial charge in [-0.1, -0.05) is 6.92 Å². The van der Waals surface area contributed by atoms with Crippen LogP contribution < -0.4 is 10.1 Å². The van der Waals surface area contributed by atoms with Crippen molar-refractivity contribution in [2.75, 3.05) is 33.3 Å². The number of nitrogens with zero attached hydrogens (tertiary/aromatic N) is 1. The Labute approximate surface area is 125 Å². The molecule has 0 aromatic heterocycles. The molecule has 5 heteroatoms. The fraction of sp³-hybridized carbons (Fsp3) is 0.562. The number of hydrogen-bond acceptors (Lipinski definition) is 3. The first-order valence-corrected chi connectivity index (χ1v) is 7.44. The summed E-state index contributed by atoms with van der Waals surface area (Å²) in [6.45, 7) is 5.92. The van der Waals surface area contributed by atoms with Crippen LogP contribution in [0.15, 0.2) is 18.2 Å². The first kappa shape index (κ1) is 15.8. The van der Waals surface area contributed by atoms with E-state index in [0.29, 0.717) is 18.2 Å². The highest BCUT2D eigenvalue weighted by molar-refractivity contribution is 5.94. The molecule has 1 saturated heterocycles. The molecule has 0 radical (unpaired) electrons. The van der Waals surface area contributed by atoms with Crippen molar-refractivity contribution in [3.05, 3.63) is 29.6 Å². The lowest BCUT2D eigenvalue weighted by Gasteiger charge is -2.20. The molecule has 1 N–H and O–H groups in total. The smallest absolute Gasteiger partial charge is 0.254 e. The summed E-state index contributed by atoms with van der Waals surface area (Å²) in [7, 11) is 1.47. The van der Waals surface area contributed by atoms with E-state index in [2.05, 4.69) is 17.1 Å². The number of amides is 1. The Kier molecular flexibility index (Phi) is 5.56. The maximum Gasteiger partial charge on any atom is 0.254 e. The van der Waals surface area contributed by atoms with E-state index in [1.807, 2.05) is 0 Å². The molecule has 1 unspecified atom stereocenters. The summed E-state index contributed by atoms with van der Waals surface area (Å²) in [6, 6.07) is 4.27. The van der Waals surface area contributed by atoms with Gasteiger partial charge >= 0.3 is 0 Å². The number of ether oxygens (including phenoxy) is 1. The van der Waals surface area contributed by atoms with Gasteiger partial charge < -0.3 is 15.0 Å². The van der Waals surface area contributed by atoms with Crippen LogP contribution in [0, 0.1) is 11.7 Å². The molecule has 21 heavy (non-hydrogen) atoms. The Bertz CT molecular complexity index is 487. The van der Waals surface area contributed by atoms with Crippen molar-refractivity contribution in [2.45, 2.75) is 19.8 Å². The van der Waals surface area contributed by atoms with Gasteiger partial charge in [-0.3, -0.25) is 4.79 Å². The van der Waals surface area contributed by atoms with Gasteiger partial charge in [0, 0.05) is 19.2 Å². The molecule has 1 heterocycles. The van der Waals surface area contributed by atoms with Crippen molar-refractivity contribution in [2.24, 2.45) is 5.92 Å².